The fourth-order valence-electron chi connectivity index (χ4n) is 3.60. The van der Waals surface area contributed by atoms with E-state index >= 15 is 0 Å². The molecule has 3 aromatic rings. The van der Waals surface area contributed by atoms with Crippen LogP contribution < -0.4 is 15.8 Å². The van der Waals surface area contributed by atoms with Crippen LogP contribution in [0.1, 0.15) is 12.6 Å². The van der Waals surface area contributed by atoms with Gasteiger partial charge in [-0.15, -0.1) is 0 Å². The summed E-state index contributed by atoms with van der Waals surface area (Å²) in [5, 5.41) is 2.93. The number of piperazine rings is 1. The van der Waals surface area contributed by atoms with Gasteiger partial charge in [0.15, 0.2) is 0 Å². The van der Waals surface area contributed by atoms with E-state index in [1.807, 2.05) is 49.4 Å². The predicted octanol–water partition coefficient (Wildman–Crippen LogP) is 2.16. The van der Waals surface area contributed by atoms with Gasteiger partial charge in [0.05, 0.1) is 6.54 Å². The number of pyridine rings is 1. The molecule has 3 heterocycles. The number of nitrogens with one attached hydrogen (secondary N) is 2. The quantitative estimate of drug-likeness (QED) is 0.637. The van der Waals surface area contributed by atoms with Crippen molar-refractivity contribution in [2.24, 2.45) is 0 Å². The summed E-state index contributed by atoms with van der Waals surface area (Å²) in [7, 11) is 0. The Hall–Kier alpha value is -3.52. The number of aryl methyl sites for hydroxylation is 1. The number of anilines is 2. The topological polar surface area (TPSA) is 94.2 Å². The maximum atomic E-state index is 12.3. The molecule has 1 aliphatic heterocycles. The first-order valence-corrected chi connectivity index (χ1v) is 10.5. The van der Waals surface area contributed by atoms with Crippen LogP contribution in [-0.4, -0.2) is 58.5 Å². The number of rotatable bonds is 6. The van der Waals surface area contributed by atoms with Crippen molar-refractivity contribution in [2.75, 3.05) is 42.9 Å². The lowest BCUT2D eigenvalue weighted by Crippen LogP contribution is -2.48. The maximum Gasteiger partial charge on any atom is 0.251 e. The summed E-state index contributed by atoms with van der Waals surface area (Å²) in [6.07, 6.45) is 2.45. The summed E-state index contributed by atoms with van der Waals surface area (Å²) >= 11 is 0. The second-order valence-corrected chi connectivity index (χ2v) is 7.52. The molecule has 2 aromatic heterocycles. The molecular formula is C23H26N6O2. The molecule has 0 spiro atoms. The molecule has 1 amide bonds. The van der Waals surface area contributed by atoms with Gasteiger partial charge in [0.2, 0.25) is 5.91 Å². The number of amides is 1. The molecule has 0 bridgehead atoms. The van der Waals surface area contributed by atoms with Gasteiger partial charge in [-0.25, -0.2) is 9.97 Å². The highest BCUT2D eigenvalue weighted by Gasteiger charge is 2.20. The van der Waals surface area contributed by atoms with E-state index in [0.29, 0.717) is 18.8 Å². The molecule has 1 aromatic carbocycles. The molecule has 160 valence electrons. The van der Waals surface area contributed by atoms with Crippen molar-refractivity contribution in [1.82, 2.24) is 19.9 Å². The van der Waals surface area contributed by atoms with E-state index < -0.39 is 0 Å². The number of nitrogens with zero attached hydrogens (tertiary/aromatic N) is 4. The van der Waals surface area contributed by atoms with E-state index in [2.05, 4.69) is 30.1 Å². The van der Waals surface area contributed by atoms with Crippen molar-refractivity contribution in [3.05, 3.63) is 70.8 Å². The van der Waals surface area contributed by atoms with E-state index in [9.17, 15) is 9.59 Å². The van der Waals surface area contributed by atoms with Crippen molar-refractivity contribution >= 4 is 17.4 Å². The number of para-hydroxylation sites is 1. The van der Waals surface area contributed by atoms with Crippen LogP contribution in [0.25, 0.3) is 11.4 Å². The zero-order valence-corrected chi connectivity index (χ0v) is 17.5. The Labute approximate surface area is 181 Å². The van der Waals surface area contributed by atoms with E-state index in [0.717, 1.165) is 48.9 Å². The Morgan fingerprint density at radius 1 is 1.10 bits per heavy atom. The van der Waals surface area contributed by atoms with Crippen LogP contribution in [0.4, 0.5) is 11.5 Å². The second kappa shape index (κ2) is 9.53. The average Bonchev–Trinajstić information content (AvgIpc) is 2.80. The number of aromatic amines is 1. The summed E-state index contributed by atoms with van der Waals surface area (Å²) in [6, 6.07) is 14.9. The molecule has 1 saturated heterocycles. The molecule has 8 heteroatoms. The van der Waals surface area contributed by atoms with Gasteiger partial charge >= 0.3 is 0 Å². The van der Waals surface area contributed by atoms with Crippen LogP contribution in [-0.2, 0) is 11.2 Å². The van der Waals surface area contributed by atoms with Gasteiger partial charge in [-0.05, 0) is 30.7 Å². The van der Waals surface area contributed by atoms with E-state index in [1.165, 1.54) is 6.07 Å². The third-order valence-corrected chi connectivity index (χ3v) is 5.30. The SMILES string of the molecule is CCc1cc(=O)[nH]c(-c2ccc(N3CCN(CC(=O)Nc4ccccc4)CC3)nc2)n1. The zero-order chi connectivity index (χ0) is 21.6. The Morgan fingerprint density at radius 2 is 1.87 bits per heavy atom. The third kappa shape index (κ3) is 5.35. The van der Waals surface area contributed by atoms with Crippen molar-refractivity contribution in [3.8, 4) is 11.4 Å². The Balaban J connectivity index is 1.32. The van der Waals surface area contributed by atoms with Gasteiger partial charge in [-0.2, -0.15) is 0 Å². The minimum absolute atomic E-state index is 0.00192. The molecule has 0 radical (unpaired) electrons. The number of H-pyrrole nitrogens is 1. The van der Waals surface area contributed by atoms with Gasteiger partial charge in [-0.1, -0.05) is 25.1 Å². The van der Waals surface area contributed by atoms with Gasteiger partial charge in [0, 0.05) is 55.4 Å². The van der Waals surface area contributed by atoms with Gasteiger partial charge in [0.1, 0.15) is 11.6 Å². The van der Waals surface area contributed by atoms with Crippen LogP contribution in [0.5, 0.6) is 0 Å². The predicted molar refractivity (Wildman–Crippen MR) is 121 cm³/mol. The molecule has 0 unspecified atom stereocenters. The molecular weight excluding hydrogens is 392 g/mol. The first-order valence-electron chi connectivity index (χ1n) is 10.5. The van der Waals surface area contributed by atoms with Gasteiger partial charge in [-0.3, -0.25) is 14.5 Å². The number of aromatic nitrogens is 3. The minimum Gasteiger partial charge on any atom is -0.354 e. The van der Waals surface area contributed by atoms with Crippen LogP contribution in [0.2, 0.25) is 0 Å². The molecule has 31 heavy (non-hydrogen) atoms. The normalized spacial score (nSPS) is 14.4. The monoisotopic (exact) mass is 418 g/mol. The van der Waals surface area contributed by atoms with Crippen LogP contribution >= 0.6 is 0 Å². The highest BCUT2D eigenvalue weighted by atomic mass is 16.2. The van der Waals surface area contributed by atoms with E-state index in [1.54, 1.807) is 6.20 Å². The lowest BCUT2D eigenvalue weighted by atomic mass is 10.2. The summed E-state index contributed by atoms with van der Waals surface area (Å²) in [4.78, 5) is 40.2. The standard InChI is InChI=1S/C23H26N6O2/c1-2-18-14-21(30)27-23(26-18)17-8-9-20(24-15-17)29-12-10-28(11-13-29)16-22(31)25-19-6-4-3-5-7-19/h3-9,14-15H,2,10-13,16H2,1H3,(H,25,31)(H,26,27,30). The highest BCUT2D eigenvalue weighted by molar-refractivity contribution is 5.92. The minimum atomic E-state index is -0.154. The number of carbonyl (C=O) groups excluding carboxylic acids is 1. The molecule has 1 aliphatic rings. The smallest absolute Gasteiger partial charge is 0.251 e. The summed E-state index contributed by atoms with van der Waals surface area (Å²) in [5.41, 5.74) is 2.21. The maximum absolute atomic E-state index is 12.3. The molecule has 2 N–H and O–H groups in total. The Kier molecular flexibility index (Phi) is 6.37. The van der Waals surface area contributed by atoms with E-state index in [-0.39, 0.29) is 11.5 Å². The second-order valence-electron chi connectivity index (χ2n) is 7.52. The first-order chi connectivity index (χ1) is 15.1. The molecule has 0 aliphatic carbocycles. The largest absolute Gasteiger partial charge is 0.354 e. The van der Waals surface area contributed by atoms with E-state index in [4.69, 9.17) is 0 Å². The number of carbonyl (C=O) groups is 1. The fourth-order valence-corrected chi connectivity index (χ4v) is 3.60. The summed E-state index contributed by atoms with van der Waals surface area (Å²) in [6.45, 7) is 5.52. The zero-order valence-electron chi connectivity index (χ0n) is 17.5. The van der Waals surface area contributed by atoms with Crippen molar-refractivity contribution < 1.29 is 4.79 Å². The molecule has 8 nitrogen and oxygen atoms in total. The van der Waals surface area contributed by atoms with Crippen LogP contribution in [0, 0.1) is 0 Å². The van der Waals surface area contributed by atoms with Crippen LogP contribution in [0.3, 0.4) is 0 Å². The van der Waals surface area contributed by atoms with Gasteiger partial charge < -0.3 is 15.2 Å². The lowest BCUT2D eigenvalue weighted by Gasteiger charge is -2.35. The molecule has 4 rings (SSSR count). The average molecular weight is 419 g/mol. The third-order valence-electron chi connectivity index (χ3n) is 5.30. The Bertz CT molecular complexity index is 1070. The van der Waals surface area contributed by atoms with Crippen molar-refractivity contribution in [1.29, 1.82) is 0 Å². The summed E-state index contributed by atoms with van der Waals surface area (Å²) < 4.78 is 0. The molecule has 1 fully saturated rings. The van der Waals surface area contributed by atoms with Crippen molar-refractivity contribution in [2.45, 2.75) is 13.3 Å². The fraction of sp³-hybridized carbons (Fsp3) is 0.304. The number of benzene rings is 1. The van der Waals surface area contributed by atoms with Crippen molar-refractivity contribution in [3.63, 3.8) is 0 Å². The number of hydrogen-bond acceptors (Lipinski definition) is 6. The van der Waals surface area contributed by atoms with Gasteiger partial charge in [0.25, 0.3) is 5.56 Å². The molecule has 0 atom stereocenters. The summed E-state index contributed by atoms with van der Waals surface area (Å²) in [5.74, 6) is 1.42. The first kappa shape index (κ1) is 20.7. The van der Waals surface area contributed by atoms with Crippen LogP contribution in [0.15, 0.2) is 59.5 Å². The highest BCUT2D eigenvalue weighted by Crippen LogP contribution is 2.19. The molecule has 0 saturated carbocycles. The Morgan fingerprint density at radius 3 is 2.55 bits per heavy atom. The lowest BCUT2D eigenvalue weighted by molar-refractivity contribution is -0.117. The number of hydrogen-bond donors (Lipinski definition) is 2.